The molecule has 2 atom stereocenters. The topological polar surface area (TPSA) is 55.4 Å². The van der Waals surface area contributed by atoms with Crippen molar-refractivity contribution in [2.45, 2.75) is 36.4 Å². The molecule has 0 aromatic heterocycles. The number of rotatable bonds is 4. The summed E-state index contributed by atoms with van der Waals surface area (Å²) < 4.78 is 30.7. The molecule has 1 N–H and O–H groups in total. The van der Waals surface area contributed by atoms with Gasteiger partial charge in [-0.3, -0.25) is 9.59 Å². The molecule has 4 nitrogen and oxygen atoms in total. The lowest BCUT2D eigenvalue weighted by Gasteiger charge is -2.28. The van der Waals surface area contributed by atoms with Crippen LogP contribution in [0.5, 0.6) is 0 Å². The second-order valence-corrected chi connectivity index (χ2v) is 5.49. The summed E-state index contributed by atoms with van der Waals surface area (Å²) in [5, 5.41) is 2.49. The monoisotopic (exact) mass is 327 g/mol. The Balaban J connectivity index is 2.39. The van der Waals surface area contributed by atoms with E-state index in [-0.39, 0.29) is 13.0 Å². The SMILES string of the molecule is COC(=O)C(Br)CNC(=O)C1CCCC(F)(F)C1. The standard InChI is InChI=1S/C11H16BrF2NO3/c1-18-10(17)8(12)6-15-9(16)7-3-2-4-11(13,14)5-7/h7-8H,2-6H2,1H3,(H,15,16). The quantitative estimate of drug-likeness (QED) is 0.633. The molecule has 2 unspecified atom stereocenters. The van der Waals surface area contributed by atoms with Gasteiger partial charge in [0.2, 0.25) is 11.8 Å². The number of ether oxygens (including phenoxy) is 1. The Morgan fingerprint density at radius 3 is 2.78 bits per heavy atom. The Labute approximate surface area is 113 Å². The molecule has 104 valence electrons. The van der Waals surface area contributed by atoms with E-state index in [9.17, 15) is 18.4 Å². The normalized spacial score (nSPS) is 24.1. The van der Waals surface area contributed by atoms with Crippen molar-refractivity contribution < 1.29 is 23.1 Å². The minimum atomic E-state index is -2.75. The number of hydrogen-bond acceptors (Lipinski definition) is 3. The third-order valence-electron chi connectivity index (χ3n) is 2.92. The highest BCUT2D eigenvalue weighted by atomic mass is 79.9. The number of nitrogens with one attached hydrogen (secondary N) is 1. The van der Waals surface area contributed by atoms with Gasteiger partial charge in [-0.05, 0) is 12.8 Å². The molecule has 1 aliphatic carbocycles. The Bertz CT molecular complexity index is 325. The second kappa shape index (κ2) is 6.45. The van der Waals surface area contributed by atoms with Crippen molar-refractivity contribution >= 4 is 27.8 Å². The van der Waals surface area contributed by atoms with E-state index >= 15 is 0 Å². The number of carbonyl (C=O) groups is 2. The molecule has 1 rings (SSSR count). The molecule has 0 bridgehead atoms. The van der Waals surface area contributed by atoms with Gasteiger partial charge >= 0.3 is 5.97 Å². The van der Waals surface area contributed by atoms with E-state index < -0.39 is 35.0 Å². The van der Waals surface area contributed by atoms with E-state index in [1.807, 2.05) is 0 Å². The van der Waals surface area contributed by atoms with Crippen LogP contribution >= 0.6 is 15.9 Å². The summed E-state index contributed by atoms with van der Waals surface area (Å²) >= 11 is 3.04. The average Bonchev–Trinajstić information content (AvgIpc) is 2.33. The van der Waals surface area contributed by atoms with Crippen molar-refractivity contribution in [1.29, 1.82) is 0 Å². The number of esters is 1. The number of alkyl halides is 3. The zero-order valence-corrected chi connectivity index (χ0v) is 11.6. The van der Waals surface area contributed by atoms with Crippen LogP contribution in [0.15, 0.2) is 0 Å². The first-order valence-electron chi connectivity index (χ1n) is 5.73. The maximum absolute atomic E-state index is 13.1. The van der Waals surface area contributed by atoms with Gasteiger partial charge in [-0.15, -0.1) is 0 Å². The molecule has 18 heavy (non-hydrogen) atoms. The van der Waals surface area contributed by atoms with Crippen LogP contribution in [0, 0.1) is 5.92 Å². The fourth-order valence-corrected chi connectivity index (χ4v) is 2.29. The number of amides is 1. The molecule has 1 fully saturated rings. The lowest BCUT2D eigenvalue weighted by atomic mass is 9.86. The molecule has 0 radical (unpaired) electrons. The Morgan fingerprint density at radius 1 is 1.56 bits per heavy atom. The highest BCUT2D eigenvalue weighted by Gasteiger charge is 2.39. The fourth-order valence-electron chi connectivity index (χ4n) is 1.94. The fraction of sp³-hybridized carbons (Fsp3) is 0.818. The van der Waals surface area contributed by atoms with Crippen LogP contribution in [-0.2, 0) is 14.3 Å². The summed E-state index contributed by atoms with van der Waals surface area (Å²) in [6.45, 7) is 0.0353. The first-order valence-corrected chi connectivity index (χ1v) is 6.65. The van der Waals surface area contributed by atoms with Gasteiger partial charge in [0.25, 0.3) is 0 Å². The van der Waals surface area contributed by atoms with E-state index in [4.69, 9.17) is 0 Å². The summed E-state index contributed by atoms with van der Waals surface area (Å²) in [7, 11) is 1.24. The summed E-state index contributed by atoms with van der Waals surface area (Å²) in [4.78, 5) is 22.1. The van der Waals surface area contributed by atoms with Crippen LogP contribution < -0.4 is 5.32 Å². The van der Waals surface area contributed by atoms with Crippen molar-refractivity contribution in [3.05, 3.63) is 0 Å². The average molecular weight is 328 g/mol. The molecule has 0 saturated heterocycles. The molecular weight excluding hydrogens is 312 g/mol. The maximum atomic E-state index is 13.1. The third kappa shape index (κ3) is 4.51. The zero-order chi connectivity index (χ0) is 13.8. The highest BCUT2D eigenvalue weighted by Crippen LogP contribution is 2.36. The van der Waals surface area contributed by atoms with E-state index in [2.05, 4.69) is 26.0 Å². The summed E-state index contributed by atoms with van der Waals surface area (Å²) in [5.74, 6) is -4.37. The summed E-state index contributed by atoms with van der Waals surface area (Å²) in [6.07, 6.45) is 0.246. The van der Waals surface area contributed by atoms with Gasteiger partial charge in [0.05, 0.1) is 7.11 Å². The van der Waals surface area contributed by atoms with Crippen LogP contribution in [0.25, 0.3) is 0 Å². The van der Waals surface area contributed by atoms with Crippen molar-refractivity contribution in [2.75, 3.05) is 13.7 Å². The molecule has 1 amide bonds. The molecule has 1 aliphatic rings. The second-order valence-electron chi connectivity index (χ2n) is 4.39. The van der Waals surface area contributed by atoms with Crippen molar-refractivity contribution in [2.24, 2.45) is 5.92 Å². The first-order chi connectivity index (χ1) is 8.35. The summed E-state index contributed by atoms with van der Waals surface area (Å²) in [6, 6.07) is 0. The molecule has 0 aromatic carbocycles. The number of hydrogen-bond donors (Lipinski definition) is 1. The number of carbonyl (C=O) groups excluding carboxylic acids is 2. The molecule has 1 saturated carbocycles. The van der Waals surface area contributed by atoms with Crippen molar-refractivity contribution in [3.63, 3.8) is 0 Å². The van der Waals surface area contributed by atoms with Crippen LogP contribution in [0.2, 0.25) is 0 Å². The van der Waals surface area contributed by atoms with Gasteiger partial charge < -0.3 is 10.1 Å². The molecule has 0 aromatic rings. The predicted octanol–water partition coefficient (Wildman–Crippen LogP) is 1.86. The van der Waals surface area contributed by atoms with Crippen LogP contribution in [-0.4, -0.2) is 36.3 Å². The highest BCUT2D eigenvalue weighted by molar-refractivity contribution is 9.10. The minimum absolute atomic E-state index is 0.0353. The molecule has 0 aliphatic heterocycles. The van der Waals surface area contributed by atoms with Gasteiger partial charge in [0.1, 0.15) is 4.83 Å². The molecule has 0 heterocycles. The van der Waals surface area contributed by atoms with Gasteiger partial charge in [-0.1, -0.05) is 15.9 Å². The predicted molar refractivity (Wildman–Crippen MR) is 64.6 cm³/mol. The van der Waals surface area contributed by atoms with E-state index in [1.54, 1.807) is 0 Å². The largest absolute Gasteiger partial charge is 0.468 e. The Kier molecular flexibility index (Phi) is 5.49. The van der Waals surface area contributed by atoms with Gasteiger partial charge in [0, 0.05) is 25.3 Å². The van der Waals surface area contributed by atoms with Crippen LogP contribution in [0.4, 0.5) is 8.78 Å². The lowest BCUT2D eigenvalue weighted by molar-refractivity contribution is -0.140. The first kappa shape index (κ1) is 15.3. The zero-order valence-electron chi connectivity index (χ0n) is 10.0. The number of halogens is 3. The van der Waals surface area contributed by atoms with Crippen LogP contribution in [0.1, 0.15) is 25.7 Å². The smallest absolute Gasteiger partial charge is 0.321 e. The van der Waals surface area contributed by atoms with E-state index in [0.29, 0.717) is 12.8 Å². The van der Waals surface area contributed by atoms with Crippen molar-refractivity contribution in [3.8, 4) is 0 Å². The van der Waals surface area contributed by atoms with Gasteiger partial charge in [0.15, 0.2) is 0 Å². The van der Waals surface area contributed by atoms with Gasteiger partial charge in [-0.2, -0.15) is 0 Å². The molecule has 7 heteroatoms. The summed E-state index contributed by atoms with van der Waals surface area (Å²) in [5.41, 5.74) is 0. The molecular formula is C11H16BrF2NO3. The lowest BCUT2D eigenvalue weighted by Crippen LogP contribution is -2.41. The Morgan fingerprint density at radius 2 is 2.22 bits per heavy atom. The van der Waals surface area contributed by atoms with E-state index in [0.717, 1.165) is 0 Å². The number of methoxy groups -OCH3 is 1. The molecule has 0 spiro atoms. The third-order valence-corrected chi connectivity index (χ3v) is 3.62. The van der Waals surface area contributed by atoms with Crippen LogP contribution in [0.3, 0.4) is 0 Å². The van der Waals surface area contributed by atoms with E-state index in [1.165, 1.54) is 7.11 Å². The van der Waals surface area contributed by atoms with Gasteiger partial charge in [-0.25, -0.2) is 8.78 Å². The minimum Gasteiger partial charge on any atom is -0.468 e. The van der Waals surface area contributed by atoms with Crippen molar-refractivity contribution in [1.82, 2.24) is 5.32 Å². The Hall–Kier alpha value is -0.720. The maximum Gasteiger partial charge on any atom is 0.321 e.